The Labute approximate surface area is 257 Å². The monoisotopic (exact) mass is 572 g/mol. The zero-order valence-electron chi connectivity index (χ0n) is 28.1. The van der Waals surface area contributed by atoms with Crippen LogP contribution in [0.1, 0.15) is 120 Å². The number of benzene rings is 2. The summed E-state index contributed by atoms with van der Waals surface area (Å²) < 4.78 is 4.11. The summed E-state index contributed by atoms with van der Waals surface area (Å²) in [6, 6.07) is 13.8. The lowest BCUT2D eigenvalue weighted by molar-refractivity contribution is -0.137. The van der Waals surface area contributed by atoms with E-state index in [4.69, 9.17) is 0 Å². The number of aliphatic hydroxyl groups is 1. The number of esters is 1. The Morgan fingerprint density at radius 2 is 1.48 bits per heavy atom. The van der Waals surface area contributed by atoms with Crippen LogP contribution in [0.25, 0.3) is 11.6 Å². The van der Waals surface area contributed by atoms with Crippen LogP contribution in [0, 0.1) is 13.8 Å². The molecule has 0 radical (unpaired) electrons. The highest BCUT2D eigenvalue weighted by Gasteiger charge is 2.32. The van der Waals surface area contributed by atoms with Crippen molar-refractivity contribution >= 4 is 17.6 Å². The van der Waals surface area contributed by atoms with E-state index in [0.29, 0.717) is 0 Å². The lowest BCUT2D eigenvalue weighted by Gasteiger charge is -2.34. The van der Waals surface area contributed by atoms with Gasteiger partial charge in [0.1, 0.15) is 0 Å². The van der Waals surface area contributed by atoms with Gasteiger partial charge in [0, 0.05) is 12.3 Å². The second kappa shape index (κ2) is 17.7. The standard InChI is InChI=1S/C34H44O.C3H6O2.C2H6/c1-8-28(14-13-25(4)5)32-18-17-31(24-27(32)7)34(9-2,10-3)30-16-15-29(26(6)23-30)19-22-33(35)20-11-12-21-33;1-3(4)5-2;1-2/h8,13-19,22-24,35H,1,9-12,20-21H2,2-7H3;1-2H3;1-2H3/b22-19+,28-14+;;. The molecule has 0 unspecified atom stereocenters. The van der Waals surface area contributed by atoms with Gasteiger partial charge in [-0.2, -0.15) is 0 Å². The molecule has 3 heteroatoms. The fourth-order valence-corrected chi connectivity index (χ4v) is 5.60. The van der Waals surface area contributed by atoms with Gasteiger partial charge in [0.05, 0.1) is 12.7 Å². The van der Waals surface area contributed by atoms with E-state index in [9.17, 15) is 9.90 Å². The summed E-state index contributed by atoms with van der Waals surface area (Å²) in [5.74, 6) is -0.245. The summed E-state index contributed by atoms with van der Waals surface area (Å²) in [6.07, 6.45) is 16.5. The van der Waals surface area contributed by atoms with Gasteiger partial charge in [-0.25, -0.2) is 0 Å². The van der Waals surface area contributed by atoms with Crippen molar-refractivity contribution in [1.82, 2.24) is 0 Å². The number of ether oxygens (including phenoxy) is 1. The molecule has 1 fully saturated rings. The molecule has 0 heterocycles. The van der Waals surface area contributed by atoms with Gasteiger partial charge >= 0.3 is 5.97 Å². The fourth-order valence-electron chi connectivity index (χ4n) is 5.60. The highest BCUT2D eigenvalue weighted by atomic mass is 16.5. The fraction of sp³-hybridized carbons (Fsp3) is 0.462. The smallest absolute Gasteiger partial charge is 0.302 e. The molecule has 1 N–H and O–H groups in total. The zero-order valence-corrected chi connectivity index (χ0v) is 28.1. The maximum Gasteiger partial charge on any atom is 0.302 e. The van der Waals surface area contributed by atoms with Crippen molar-refractivity contribution < 1.29 is 14.6 Å². The summed E-state index contributed by atoms with van der Waals surface area (Å²) in [5.41, 5.74) is 9.51. The van der Waals surface area contributed by atoms with E-state index in [-0.39, 0.29) is 11.4 Å². The molecule has 0 saturated heterocycles. The van der Waals surface area contributed by atoms with Gasteiger partial charge in [0.25, 0.3) is 0 Å². The van der Waals surface area contributed by atoms with Crippen LogP contribution in [-0.4, -0.2) is 23.8 Å². The Morgan fingerprint density at radius 1 is 0.952 bits per heavy atom. The molecule has 0 amide bonds. The van der Waals surface area contributed by atoms with Crippen LogP contribution in [-0.2, 0) is 14.9 Å². The van der Waals surface area contributed by atoms with Crippen molar-refractivity contribution in [2.24, 2.45) is 0 Å². The Balaban J connectivity index is 0.00000114. The number of hydrogen-bond acceptors (Lipinski definition) is 3. The van der Waals surface area contributed by atoms with Gasteiger partial charge in [0.2, 0.25) is 0 Å². The van der Waals surface area contributed by atoms with Crippen molar-refractivity contribution in [2.45, 2.75) is 112 Å². The largest absolute Gasteiger partial charge is 0.469 e. The van der Waals surface area contributed by atoms with Gasteiger partial charge in [-0.15, -0.1) is 0 Å². The molecule has 0 bridgehead atoms. The number of rotatable bonds is 9. The number of carbonyl (C=O) groups excluding carboxylic acids is 1. The van der Waals surface area contributed by atoms with Crippen LogP contribution in [0.2, 0.25) is 0 Å². The SMILES string of the molecule is C=C/C(=C\C=C(C)C)c1ccc(C(CC)(CC)c2ccc(/C=C/C3(O)CCCC3)c(C)c2)cc1C.CC.COC(C)=O. The first-order valence-electron chi connectivity index (χ1n) is 15.6. The Morgan fingerprint density at radius 3 is 1.90 bits per heavy atom. The molecule has 1 aliphatic carbocycles. The van der Waals surface area contributed by atoms with Gasteiger partial charge in [-0.05, 0) is 92.3 Å². The molecule has 0 spiro atoms. The molecular formula is C39H56O3. The molecule has 1 saturated carbocycles. The lowest BCUT2D eigenvalue weighted by atomic mass is 9.69. The third-order valence-electron chi connectivity index (χ3n) is 8.27. The Hall–Kier alpha value is -3.17. The molecule has 3 nitrogen and oxygen atoms in total. The minimum Gasteiger partial charge on any atom is -0.469 e. The highest BCUT2D eigenvalue weighted by Crippen LogP contribution is 2.41. The second-order valence-electron chi connectivity index (χ2n) is 11.3. The highest BCUT2D eigenvalue weighted by molar-refractivity contribution is 5.77. The molecular weight excluding hydrogens is 516 g/mol. The summed E-state index contributed by atoms with van der Waals surface area (Å²) >= 11 is 0. The third-order valence-corrected chi connectivity index (χ3v) is 8.27. The summed E-state index contributed by atoms with van der Waals surface area (Å²) in [5, 5.41) is 10.7. The Bertz CT molecular complexity index is 1240. The first kappa shape index (κ1) is 36.9. The van der Waals surface area contributed by atoms with Crippen LogP contribution in [0.5, 0.6) is 0 Å². The molecule has 1 aliphatic rings. The van der Waals surface area contributed by atoms with Gasteiger partial charge in [-0.1, -0.05) is 119 Å². The van der Waals surface area contributed by atoms with Crippen LogP contribution >= 0.6 is 0 Å². The van der Waals surface area contributed by atoms with Gasteiger partial charge < -0.3 is 9.84 Å². The quantitative estimate of drug-likeness (QED) is 0.240. The van der Waals surface area contributed by atoms with E-state index in [2.05, 4.69) is 107 Å². The molecule has 0 atom stereocenters. The molecule has 2 aromatic rings. The molecule has 42 heavy (non-hydrogen) atoms. The average molecular weight is 573 g/mol. The number of hydrogen-bond donors (Lipinski definition) is 1. The van der Waals surface area contributed by atoms with Crippen molar-refractivity contribution in [2.75, 3.05) is 7.11 Å². The first-order valence-corrected chi connectivity index (χ1v) is 15.6. The van der Waals surface area contributed by atoms with E-state index < -0.39 is 5.60 Å². The minimum atomic E-state index is -0.620. The first-order chi connectivity index (χ1) is 19.9. The lowest BCUT2D eigenvalue weighted by Crippen LogP contribution is -2.26. The maximum absolute atomic E-state index is 10.7. The molecule has 0 aliphatic heterocycles. The second-order valence-corrected chi connectivity index (χ2v) is 11.3. The van der Waals surface area contributed by atoms with Crippen molar-refractivity contribution in [3.8, 4) is 0 Å². The molecule has 0 aromatic heterocycles. The van der Waals surface area contributed by atoms with Crippen molar-refractivity contribution in [1.29, 1.82) is 0 Å². The summed E-state index contributed by atoms with van der Waals surface area (Å²) in [7, 11) is 1.35. The predicted octanol–water partition coefficient (Wildman–Crippen LogP) is 10.5. The van der Waals surface area contributed by atoms with E-state index in [1.165, 1.54) is 53.0 Å². The number of allylic oxidation sites excluding steroid dienone is 5. The topological polar surface area (TPSA) is 46.5 Å². The average Bonchev–Trinajstić information content (AvgIpc) is 3.42. The van der Waals surface area contributed by atoms with E-state index in [1.54, 1.807) is 0 Å². The normalized spacial score (nSPS) is 14.3. The van der Waals surface area contributed by atoms with Crippen LogP contribution < -0.4 is 0 Å². The number of carbonyl (C=O) groups is 1. The minimum absolute atomic E-state index is 0.0298. The van der Waals surface area contributed by atoms with Crippen LogP contribution in [0.15, 0.2) is 72.9 Å². The molecule has 230 valence electrons. The predicted molar refractivity (Wildman–Crippen MR) is 183 cm³/mol. The maximum atomic E-state index is 10.7. The van der Waals surface area contributed by atoms with E-state index in [1.807, 2.05) is 26.0 Å². The zero-order chi connectivity index (χ0) is 31.9. The van der Waals surface area contributed by atoms with Gasteiger partial charge in [0.15, 0.2) is 0 Å². The number of aryl methyl sites for hydroxylation is 2. The van der Waals surface area contributed by atoms with E-state index >= 15 is 0 Å². The molecule has 3 rings (SSSR count). The van der Waals surface area contributed by atoms with Gasteiger partial charge in [-0.3, -0.25) is 4.79 Å². The number of methoxy groups -OCH3 is 1. The molecule has 2 aromatic carbocycles. The Kier molecular flexibility index (Phi) is 15.5. The summed E-state index contributed by atoms with van der Waals surface area (Å²) in [4.78, 5) is 9.59. The van der Waals surface area contributed by atoms with Crippen LogP contribution in [0.4, 0.5) is 0 Å². The third kappa shape index (κ3) is 9.98. The summed E-state index contributed by atoms with van der Waals surface area (Å²) in [6.45, 7) is 22.6. The van der Waals surface area contributed by atoms with Crippen LogP contribution in [0.3, 0.4) is 0 Å². The van der Waals surface area contributed by atoms with E-state index in [0.717, 1.165) is 44.1 Å². The van der Waals surface area contributed by atoms with Crippen molar-refractivity contribution in [3.05, 3.63) is 106 Å². The van der Waals surface area contributed by atoms with Crippen molar-refractivity contribution in [3.63, 3.8) is 0 Å².